The van der Waals surface area contributed by atoms with E-state index in [4.69, 9.17) is 16.2 Å². The summed E-state index contributed by atoms with van der Waals surface area (Å²) in [7, 11) is 1.51. The Balaban J connectivity index is 2.77. The summed E-state index contributed by atoms with van der Waals surface area (Å²) in [5.74, 6) is -0.746. The van der Waals surface area contributed by atoms with Gasteiger partial charge in [-0.05, 0) is 11.6 Å². The van der Waals surface area contributed by atoms with Crippen molar-refractivity contribution in [1.29, 1.82) is 0 Å². The molecule has 0 aromatic heterocycles. The Labute approximate surface area is 112 Å². The molecule has 0 fully saturated rings. The van der Waals surface area contributed by atoms with Gasteiger partial charge in [-0.2, -0.15) is 0 Å². The van der Waals surface area contributed by atoms with Crippen molar-refractivity contribution in [1.82, 2.24) is 4.90 Å². The molecule has 1 aromatic rings. The molecule has 0 radical (unpaired) electrons. The number of amides is 2. The van der Waals surface area contributed by atoms with Crippen molar-refractivity contribution in [2.45, 2.75) is 13.0 Å². The molecule has 0 bridgehead atoms. The Kier molecular flexibility index (Phi) is 5.81. The van der Waals surface area contributed by atoms with Crippen LogP contribution in [0.2, 0.25) is 0 Å². The first-order chi connectivity index (χ1) is 9.04. The van der Waals surface area contributed by atoms with Gasteiger partial charge in [-0.15, -0.1) is 0 Å². The van der Waals surface area contributed by atoms with Crippen LogP contribution in [0.3, 0.4) is 0 Å². The lowest BCUT2D eigenvalue weighted by Gasteiger charge is -2.22. The first-order valence-corrected chi connectivity index (χ1v) is 5.93. The highest BCUT2D eigenvalue weighted by atomic mass is 16.5. The molecule has 1 rings (SSSR count). The second-order valence-electron chi connectivity index (χ2n) is 4.16. The average Bonchev–Trinajstić information content (AvgIpc) is 2.37. The number of nitrogen functional groups attached to an aromatic ring is 1. The largest absolute Gasteiger partial charge is 0.398 e. The van der Waals surface area contributed by atoms with Gasteiger partial charge in [0.1, 0.15) is 0 Å². The van der Waals surface area contributed by atoms with Crippen LogP contribution >= 0.6 is 0 Å². The van der Waals surface area contributed by atoms with Gasteiger partial charge in [0, 0.05) is 19.3 Å². The maximum absolute atomic E-state index is 12.0. The third-order valence-corrected chi connectivity index (χ3v) is 2.64. The third kappa shape index (κ3) is 4.97. The van der Waals surface area contributed by atoms with Crippen molar-refractivity contribution in [3.05, 3.63) is 29.8 Å². The number of rotatable bonds is 7. The molecule has 0 aliphatic rings. The smallest absolute Gasteiger partial charge is 0.237 e. The Morgan fingerprint density at radius 3 is 2.58 bits per heavy atom. The molecular weight excluding hydrogens is 246 g/mol. The zero-order chi connectivity index (χ0) is 14.3. The van der Waals surface area contributed by atoms with E-state index >= 15 is 0 Å². The predicted molar refractivity (Wildman–Crippen MR) is 72.0 cm³/mol. The van der Waals surface area contributed by atoms with Crippen molar-refractivity contribution in [2.24, 2.45) is 5.73 Å². The van der Waals surface area contributed by atoms with Crippen LogP contribution in [0.25, 0.3) is 0 Å². The summed E-state index contributed by atoms with van der Waals surface area (Å²) >= 11 is 0. The average molecular weight is 265 g/mol. The van der Waals surface area contributed by atoms with Gasteiger partial charge in [0.05, 0.1) is 19.6 Å². The number of carbonyl (C=O) groups is 2. The number of para-hydroxylation sites is 1. The maximum Gasteiger partial charge on any atom is 0.237 e. The topological polar surface area (TPSA) is 98.6 Å². The van der Waals surface area contributed by atoms with E-state index in [0.29, 0.717) is 12.3 Å². The van der Waals surface area contributed by atoms with Gasteiger partial charge in [-0.25, -0.2) is 0 Å². The van der Waals surface area contributed by atoms with Gasteiger partial charge in [0.15, 0.2) is 0 Å². The molecule has 104 valence electrons. The molecule has 19 heavy (non-hydrogen) atoms. The van der Waals surface area contributed by atoms with E-state index in [2.05, 4.69) is 0 Å². The number of hydrogen-bond acceptors (Lipinski definition) is 4. The molecular formula is C13H19N3O3. The minimum Gasteiger partial charge on any atom is -0.398 e. The number of nitrogens with two attached hydrogens (primary N) is 2. The number of benzene rings is 1. The SMILES string of the molecule is COCCC(=O)N(CC(N)=O)Cc1ccccc1N. The molecule has 6 heteroatoms. The van der Waals surface area contributed by atoms with E-state index in [1.165, 1.54) is 12.0 Å². The second-order valence-corrected chi connectivity index (χ2v) is 4.16. The van der Waals surface area contributed by atoms with Crippen molar-refractivity contribution in [3.63, 3.8) is 0 Å². The number of anilines is 1. The molecule has 0 atom stereocenters. The van der Waals surface area contributed by atoms with Gasteiger partial charge in [0.2, 0.25) is 11.8 Å². The Morgan fingerprint density at radius 1 is 1.32 bits per heavy atom. The number of carbonyl (C=O) groups excluding carboxylic acids is 2. The number of hydrogen-bond donors (Lipinski definition) is 2. The zero-order valence-corrected chi connectivity index (χ0v) is 11.0. The lowest BCUT2D eigenvalue weighted by molar-refractivity contribution is -0.136. The summed E-state index contributed by atoms with van der Waals surface area (Å²) in [5, 5.41) is 0. The number of methoxy groups -OCH3 is 1. The van der Waals surface area contributed by atoms with E-state index in [0.717, 1.165) is 5.56 Å². The molecule has 6 nitrogen and oxygen atoms in total. The van der Waals surface area contributed by atoms with Crippen molar-refractivity contribution < 1.29 is 14.3 Å². The van der Waals surface area contributed by atoms with E-state index < -0.39 is 5.91 Å². The summed E-state index contributed by atoms with van der Waals surface area (Å²) in [6, 6.07) is 7.20. The molecule has 1 aromatic carbocycles. The molecule has 0 unspecified atom stereocenters. The molecule has 0 aliphatic carbocycles. The van der Waals surface area contributed by atoms with Crippen LogP contribution in [0.5, 0.6) is 0 Å². The Hall–Kier alpha value is -2.08. The lowest BCUT2D eigenvalue weighted by atomic mass is 10.1. The molecule has 0 spiro atoms. The third-order valence-electron chi connectivity index (χ3n) is 2.64. The van der Waals surface area contributed by atoms with Crippen LogP contribution in [0.1, 0.15) is 12.0 Å². The van der Waals surface area contributed by atoms with Crippen molar-refractivity contribution in [2.75, 3.05) is 26.0 Å². The normalized spacial score (nSPS) is 10.2. The summed E-state index contributed by atoms with van der Waals surface area (Å²) < 4.78 is 4.85. The number of nitrogens with zero attached hydrogens (tertiary/aromatic N) is 1. The maximum atomic E-state index is 12.0. The number of ether oxygens (including phenoxy) is 1. The minimum atomic E-state index is -0.555. The molecule has 0 saturated carbocycles. The monoisotopic (exact) mass is 265 g/mol. The number of primary amides is 1. The quantitative estimate of drug-likeness (QED) is 0.684. The van der Waals surface area contributed by atoms with Crippen molar-refractivity contribution in [3.8, 4) is 0 Å². The van der Waals surface area contributed by atoms with Gasteiger partial charge < -0.3 is 21.1 Å². The highest BCUT2D eigenvalue weighted by Gasteiger charge is 2.16. The van der Waals surface area contributed by atoms with E-state index in [1.807, 2.05) is 18.2 Å². The van der Waals surface area contributed by atoms with Gasteiger partial charge in [-0.3, -0.25) is 9.59 Å². The second kappa shape index (κ2) is 7.38. The van der Waals surface area contributed by atoms with Crippen LogP contribution in [0.4, 0.5) is 5.69 Å². The predicted octanol–water partition coefficient (Wildman–Crippen LogP) is 0.119. The van der Waals surface area contributed by atoms with Crippen LogP contribution in [0, 0.1) is 0 Å². The van der Waals surface area contributed by atoms with Crippen molar-refractivity contribution >= 4 is 17.5 Å². The first-order valence-electron chi connectivity index (χ1n) is 5.93. The van der Waals surface area contributed by atoms with Crippen LogP contribution in [-0.2, 0) is 20.9 Å². The highest BCUT2D eigenvalue weighted by Crippen LogP contribution is 2.13. The molecule has 2 amide bonds. The Bertz CT molecular complexity index is 449. The molecule has 0 heterocycles. The standard InChI is InChI=1S/C13H19N3O3/c1-19-7-6-13(18)16(9-12(15)17)8-10-4-2-3-5-11(10)14/h2-5H,6-9,14H2,1H3,(H2,15,17). The van der Waals surface area contributed by atoms with Gasteiger partial charge >= 0.3 is 0 Å². The fourth-order valence-corrected chi connectivity index (χ4v) is 1.65. The van der Waals surface area contributed by atoms with Crippen LogP contribution in [0.15, 0.2) is 24.3 Å². The zero-order valence-electron chi connectivity index (χ0n) is 11.0. The fraction of sp³-hybridized carbons (Fsp3) is 0.385. The molecule has 0 saturated heterocycles. The minimum absolute atomic E-state index is 0.128. The summed E-state index contributed by atoms with van der Waals surface area (Å²) in [6.07, 6.45) is 0.205. The summed E-state index contributed by atoms with van der Waals surface area (Å²) in [5.41, 5.74) is 12.3. The van der Waals surface area contributed by atoms with Crippen LogP contribution in [-0.4, -0.2) is 37.0 Å². The fourth-order valence-electron chi connectivity index (χ4n) is 1.65. The summed E-state index contributed by atoms with van der Waals surface area (Å²) in [4.78, 5) is 24.4. The molecule has 0 aliphatic heterocycles. The first kappa shape index (κ1) is 15.0. The lowest BCUT2D eigenvalue weighted by Crippen LogP contribution is -2.38. The highest BCUT2D eigenvalue weighted by molar-refractivity contribution is 5.84. The summed E-state index contributed by atoms with van der Waals surface area (Å²) in [6.45, 7) is 0.438. The van der Waals surface area contributed by atoms with E-state index in [9.17, 15) is 9.59 Å². The van der Waals surface area contributed by atoms with Gasteiger partial charge in [-0.1, -0.05) is 18.2 Å². The Morgan fingerprint density at radius 2 is 2.00 bits per heavy atom. The van der Waals surface area contributed by atoms with Gasteiger partial charge in [0.25, 0.3) is 0 Å². The molecule has 4 N–H and O–H groups in total. The van der Waals surface area contributed by atoms with E-state index in [-0.39, 0.29) is 25.4 Å². The van der Waals surface area contributed by atoms with E-state index in [1.54, 1.807) is 6.07 Å². The van der Waals surface area contributed by atoms with Crippen LogP contribution < -0.4 is 11.5 Å².